The van der Waals surface area contributed by atoms with E-state index in [0.29, 0.717) is 18.0 Å². The van der Waals surface area contributed by atoms with Crippen LogP contribution in [0.3, 0.4) is 0 Å². The highest BCUT2D eigenvalue weighted by molar-refractivity contribution is 6.31. The maximum absolute atomic E-state index is 12.5. The van der Waals surface area contributed by atoms with Crippen molar-refractivity contribution in [3.63, 3.8) is 0 Å². The molecular formula is C40H60ClN5O4. The first-order valence-electron chi connectivity index (χ1n) is 19.4. The minimum Gasteiger partial charge on any atom is -0.481 e. The van der Waals surface area contributed by atoms with Crippen molar-refractivity contribution >= 4 is 39.6 Å². The summed E-state index contributed by atoms with van der Waals surface area (Å²) in [6.07, 6.45) is 23.0. The van der Waals surface area contributed by atoms with Crippen LogP contribution >= 0.6 is 11.6 Å². The fraction of sp³-hybridized carbons (Fsp3) is 0.625. The van der Waals surface area contributed by atoms with Crippen molar-refractivity contribution in [2.75, 3.05) is 19.6 Å². The number of halogens is 1. The van der Waals surface area contributed by atoms with Gasteiger partial charge in [-0.2, -0.15) is 0 Å². The van der Waals surface area contributed by atoms with E-state index in [2.05, 4.69) is 21.8 Å². The third-order valence-corrected chi connectivity index (χ3v) is 10.4. The lowest BCUT2D eigenvalue weighted by Crippen LogP contribution is -2.37. The van der Waals surface area contributed by atoms with Crippen molar-refractivity contribution < 1.29 is 9.90 Å². The van der Waals surface area contributed by atoms with Crippen LogP contribution in [-0.4, -0.2) is 54.7 Å². The van der Waals surface area contributed by atoms with E-state index in [0.717, 1.165) is 73.8 Å². The Labute approximate surface area is 302 Å². The van der Waals surface area contributed by atoms with E-state index < -0.39 is 5.97 Å². The number of H-pyrrole nitrogens is 2. The van der Waals surface area contributed by atoms with Crippen molar-refractivity contribution in [3.05, 3.63) is 68.5 Å². The molecule has 0 spiro atoms. The molecule has 0 radical (unpaired) electrons. The topological polar surface area (TPSA) is 116 Å². The molecule has 1 aliphatic rings. The quantitative estimate of drug-likeness (QED) is 0.0745. The van der Waals surface area contributed by atoms with E-state index in [1.165, 1.54) is 83.5 Å². The van der Waals surface area contributed by atoms with Crippen molar-refractivity contribution in [1.82, 2.24) is 24.0 Å². The number of aromatic amines is 2. The average Bonchev–Trinajstić information content (AvgIpc) is 3.61. The number of nitrogens with zero attached hydrogens (tertiary/aromatic N) is 3. The zero-order chi connectivity index (χ0) is 35.6. The largest absolute Gasteiger partial charge is 0.481 e. The van der Waals surface area contributed by atoms with Gasteiger partial charge in [-0.3, -0.25) is 13.9 Å². The summed E-state index contributed by atoms with van der Waals surface area (Å²) in [5, 5.41) is 9.14. The number of piperidine rings is 1. The second-order valence-corrected chi connectivity index (χ2v) is 14.5. The maximum Gasteiger partial charge on any atom is 0.326 e. The van der Waals surface area contributed by atoms with Crippen LogP contribution in [0.2, 0.25) is 5.02 Å². The molecule has 3 heterocycles. The smallest absolute Gasteiger partial charge is 0.326 e. The Morgan fingerprint density at radius 3 is 1.92 bits per heavy atom. The van der Waals surface area contributed by atoms with E-state index in [4.69, 9.17) is 16.7 Å². The molecule has 0 saturated carbocycles. The van der Waals surface area contributed by atoms with Crippen molar-refractivity contribution in [1.29, 1.82) is 0 Å². The number of rotatable bonds is 21. The predicted molar refractivity (Wildman–Crippen MR) is 207 cm³/mol. The fourth-order valence-electron chi connectivity index (χ4n) is 7.30. The highest BCUT2D eigenvalue weighted by atomic mass is 35.5. The Morgan fingerprint density at radius 2 is 1.30 bits per heavy atom. The number of carboxylic acid groups (broad SMARTS) is 1. The summed E-state index contributed by atoms with van der Waals surface area (Å²) in [7, 11) is 0. The summed E-state index contributed by atoms with van der Waals surface area (Å²) in [5.74, 6) is -0.653. The van der Waals surface area contributed by atoms with Crippen molar-refractivity contribution in [3.8, 4) is 0 Å². The number of aromatic nitrogens is 4. The van der Waals surface area contributed by atoms with Crippen molar-refractivity contribution in [2.45, 2.75) is 142 Å². The predicted octanol–water partition coefficient (Wildman–Crippen LogP) is 9.69. The molecule has 3 N–H and O–H groups in total. The summed E-state index contributed by atoms with van der Waals surface area (Å²) in [6, 6.07) is 13.5. The van der Waals surface area contributed by atoms with Crippen LogP contribution < -0.4 is 11.4 Å². The molecule has 2 aromatic carbocycles. The number of fused-ring (bicyclic) bond motifs is 2. The number of benzene rings is 2. The van der Waals surface area contributed by atoms with Gasteiger partial charge in [0.05, 0.1) is 22.1 Å². The Bertz CT molecular complexity index is 1680. The third kappa shape index (κ3) is 12.8. The molecule has 4 aromatic rings. The molecule has 1 saturated heterocycles. The highest BCUT2D eigenvalue weighted by Crippen LogP contribution is 2.26. The van der Waals surface area contributed by atoms with Gasteiger partial charge in [-0.25, -0.2) is 9.59 Å². The number of carboxylic acids is 1. The number of hydrogen-bond acceptors (Lipinski definition) is 4. The first-order valence-corrected chi connectivity index (χ1v) is 19.8. The molecule has 50 heavy (non-hydrogen) atoms. The molecule has 0 unspecified atom stereocenters. The Hall–Kier alpha value is -3.30. The second kappa shape index (κ2) is 21.8. The zero-order valence-corrected chi connectivity index (χ0v) is 31.0. The standard InChI is InChI=1S/C22H24ClN5O2.C18H36O2/c23-15-6-7-20-18(14-15)25-22(30)28(20)16-8-12-26(13-9-16)10-3-11-27-19-5-2-1-4-17(19)24-21(27)29;1-2-3-4-5-6-7-8-9-10-11-12-13-14-15-16-17-18(19)20/h1-2,4-7,14,16H,3,8-13H2,(H,24,29)(H,25,30);2-17H2,1H3,(H,19,20). The number of hydrogen-bond donors (Lipinski definition) is 3. The molecule has 9 nitrogen and oxygen atoms in total. The van der Waals surface area contributed by atoms with Gasteiger partial charge in [-0.05, 0) is 62.6 Å². The van der Waals surface area contributed by atoms with Gasteiger partial charge < -0.3 is 20.0 Å². The normalized spacial score (nSPS) is 14.0. The number of unbranched alkanes of at least 4 members (excludes halogenated alkanes) is 14. The molecule has 1 fully saturated rings. The Balaban J connectivity index is 0.000000247. The van der Waals surface area contributed by atoms with E-state index in [1.807, 2.05) is 45.5 Å². The number of carbonyl (C=O) groups is 1. The lowest BCUT2D eigenvalue weighted by molar-refractivity contribution is -0.137. The summed E-state index contributed by atoms with van der Waals surface area (Å²) in [5.41, 5.74) is 3.44. The SMILES string of the molecule is CCCCCCCCCCCCCCCCCC(=O)O.O=c1[nH]c2ccccc2n1CCCN1CCC(n2c(=O)[nH]c3cc(Cl)ccc32)CC1. The molecule has 2 aromatic heterocycles. The molecular weight excluding hydrogens is 650 g/mol. The van der Waals surface area contributed by atoms with Crippen LogP contribution in [0.15, 0.2) is 52.1 Å². The number of nitrogens with one attached hydrogen (secondary N) is 2. The van der Waals surface area contributed by atoms with E-state index in [9.17, 15) is 14.4 Å². The maximum atomic E-state index is 12.5. The van der Waals surface area contributed by atoms with Crippen LogP contribution in [0.1, 0.15) is 135 Å². The number of likely N-dealkylation sites (tertiary alicyclic amines) is 1. The van der Waals surface area contributed by atoms with E-state index >= 15 is 0 Å². The summed E-state index contributed by atoms with van der Waals surface area (Å²) >= 11 is 6.05. The number of aliphatic carboxylic acids is 1. The van der Waals surface area contributed by atoms with Crippen LogP contribution in [0.4, 0.5) is 0 Å². The Kier molecular flexibility index (Phi) is 17.2. The average molecular weight is 710 g/mol. The first-order chi connectivity index (χ1) is 24.4. The van der Waals surface area contributed by atoms with Crippen molar-refractivity contribution in [2.24, 2.45) is 0 Å². The lowest BCUT2D eigenvalue weighted by Gasteiger charge is -2.32. The molecule has 0 amide bonds. The van der Waals surface area contributed by atoms with E-state index in [1.54, 1.807) is 6.07 Å². The van der Waals surface area contributed by atoms with Gasteiger partial charge in [0.15, 0.2) is 0 Å². The summed E-state index contributed by atoms with van der Waals surface area (Å²) < 4.78 is 3.70. The lowest BCUT2D eigenvalue weighted by atomic mass is 10.0. The van der Waals surface area contributed by atoms with Gasteiger partial charge in [0.2, 0.25) is 0 Å². The van der Waals surface area contributed by atoms with Gasteiger partial charge in [0.1, 0.15) is 0 Å². The van der Waals surface area contributed by atoms with Gasteiger partial charge in [0.25, 0.3) is 0 Å². The van der Waals surface area contributed by atoms with Crippen LogP contribution in [0, 0.1) is 0 Å². The monoisotopic (exact) mass is 709 g/mol. The molecule has 1 aliphatic heterocycles. The molecule has 276 valence electrons. The van der Waals surface area contributed by atoms with Crippen LogP contribution in [-0.2, 0) is 11.3 Å². The molecule has 5 rings (SSSR count). The minimum atomic E-state index is -0.653. The summed E-state index contributed by atoms with van der Waals surface area (Å²) in [4.78, 5) is 43.3. The zero-order valence-electron chi connectivity index (χ0n) is 30.3. The molecule has 10 heteroatoms. The molecule has 0 atom stereocenters. The van der Waals surface area contributed by atoms with Gasteiger partial charge >= 0.3 is 17.3 Å². The number of aryl methyl sites for hydroxylation is 1. The second-order valence-electron chi connectivity index (χ2n) is 14.1. The van der Waals surface area contributed by atoms with Gasteiger partial charge in [-0.1, -0.05) is 121 Å². The summed E-state index contributed by atoms with van der Waals surface area (Å²) in [6.45, 7) is 5.80. The van der Waals surface area contributed by atoms with Gasteiger partial charge in [0, 0.05) is 37.1 Å². The fourth-order valence-corrected chi connectivity index (χ4v) is 7.47. The van der Waals surface area contributed by atoms with E-state index in [-0.39, 0.29) is 17.4 Å². The minimum absolute atomic E-state index is 0.0475. The van der Waals surface area contributed by atoms with Crippen LogP contribution in [0.5, 0.6) is 0 Å². The third-order valence-electron chi connectivity index (χ3n) is 10.1. The van der Waals surface area contributed by atoms with Crippen LogP contribution in [0.25, 0.3) is 22.1 Å². The molecule has 0 bridgehead atoms. The number of imidazole rings is 2. The highest BCUT2D eigenvalue weighted by Gasteiger charge is 2.23. The first kappa shape index (κ1) is 39.5. The Morgan fingerprint density at radius 1 is 0.720 bits per heavy atom. The van der Waals surface area contributed by atoms with Gasteiger partial charge in [-0.15, -0.1) is 0 Å². The number of para-hydroxylation sites is 2. The molecule has 0 aliphatic carbocycles.